The van der Waals surface area contributed by atoms with Crippen molar-refractivity contribution in [2.45, 2.75) is 38.5 Å². The molecule has 6 nitrogen and oxygen atoms in total. The maximum atomic E-state index is 13.3. The first kappa shape index (κ1) is 22.3. The van der Waals surface area contributed by atoms with Crippen LogP contribution in [-0.2, 0) is 4.79 Å². The minimum Gasteiger partial charge on any atom is -0.493 e. The summed E-state index contributed by atoms with van der Waals surface area (Å²) in [7, 11) is 1.57. The fourth-order valence-electron chi connectivity index (χ4n) is 5.84. The highest BCUT2D eigenvalue weighted by Gasteiger charge is 2.55. The summed E-state index contributed by atoms with van der Waals surface area (Å²) < 4.78 is 12.2. The number of hydrazone groups is 1. The molecule has 4 bridgehead atoms. The van der Waals surface area contributed by atoms with Crippen molar-refractivity contribution in [1.29, 1.82) is 0 Å². The van der Waals surface area contributed by atoms with E-state index in [-0.39, 0.29) is 11.4 Å². The number of carbonyl (C=O) groups excluding carboxylic acids is 1. The maximum Gasteiger partial charge on any atom is 0.317 e. The molecule has 1 aromatic rings. The fraction of sp³-hybridized carbons (Fsp3) is 0.522. The molecule has 0 saturated heterocycles. The van der Waals surface area contributed by atoms with E-state index in [1.54, 1.807) is 25.5 Å². The molecule has 4 saturated carbocycles. The van der Waals surface area contributed by atoms with Gasteiger partial charge in [0, 0.05) is 6.54 Å². The normalized spacial score (nSPS) is 28.4. The molecule has 4 aliphatic carbocycles. The van der Waals surface area contributed by atoms with Crippen molar-refractivity contribution in [2.24, 2.45) is 28.3 Å². The Labute approximate surface area is 197 Å². The number of rotatable bonds is 7. The lowest BCUT2D eigenvalue weighted by molar-refractivity contribution is -0.161. The number of carbonyl (C=O) groups is 1. The summed E-state index contributed by atoms with van der Waals surface area (Å²) in [5, 5.41) is 7.47. The number of nitrogens with one attached hydrogen (secondary N) is 2. The zero-order chi connectivity index (χ0) is 22.0. The van der Waals surface area contributed by atoms with Gasteiger partial charge in [0.2, 0.25) is 0 Å². The molecule has 0 radical (unpaired) electrons. The van der Waals surface area contributed by atoms with Crippen LogP contribution in [0.15, 0.2) is 34.4 Å². The van der Waals surface area contributed by atoms with Gasteiger partial charge in [0.15, 0.2) is 16.6 Å². The number of halogens is 1. The molecule has 0 spiro atoms. The molecule has 1 aromatic carbocycles. The van der Waals surface area contributed by atoms with Crippen LogP contribution in [-0.4, -0.2) is 31.0 Å². The minimum absolute atomic E-state index is 0.104. The molecule has 0 unspecified atom stereocenters. The third kappa shape index (κ3) is 4.80. The van der Waals surface area contributed by atoms with Crippen molar-refractivity contribution < 1.29 is 14.3 Å². The van der Waals surface area contributed by atoms with Crippen molar-refractivity contribution in [3.63, 3.8) is 0 Å². The van der Waals surface area contributed by atoms with Crippen LogP contribution in [0.2, 0.25) is 0 Å². The first-order valence-electron chi connectivity index (χ1n) is 10.7. The third-order valence-corrected chi connectivity index (χ3v) is 7.53. The number of ether oxygens (including phenoxy) is 2. The molecule has 5 rings (SSSR count). The Kier molecular flexibility index (Phi) is 6.67. The second-order valence-corrected chi connectivity index (χ2v) is 10.3. The zero-order valence-electron chi connectivity index (χ0n) is 17.7. The van der Waals surface area contributed by atoms with Gasteiger partial charge >= 0.3 is 5.97 Å². The van der Waals surface area contributed by atoms with Crippen molar-refractivity contribution in [2.75, 3.05) is 13.7 Å². The second kappa shape index (κ2) is 9.28. The summed E-state index contributed by atoms with van der Waals surface area (Å²) in [5.41, 5.74) is 3.20. The van der Waals surface area contributed by atoms with E-state index in [0.717, 1.165) is 24.8 Å². The molecular weight excluding hydrogens is 478 g/mol. The number of thiocarbonyl (C=S) groups is 1. The largest absolute Gasteiger partial charge is 0.493 e. The van der Waals surface area contributed by atoms with Crippen molar-refractivity contribution in [3.8, 4) is 11.5 Å². The van der Waals surface area contributed by atoms with E-state index in [0.29, 0.717) is 45.4 Å². The number of nitrogens with zero attached hydrogens (tertiary/aromatic N) is 1. The summed E-state index contributed by atoms with van der Waals surface area (Å²) in [4.78, 5) is 13.3. The summed E-state index contributed by atoms with van der Waals surface area (Å²) in [5.74, 6) is 2.86. The Bertz CT molecular complexity index is 882. The van der Waals surface area contributed by atoms with E-state index >= 15 is 0 Å². The molecule has 4 aliphatic rings. The quantitative estimate of drug-likeness (QED) is 0.141. The van der Waals surface area contributed by atoms with Gasteiger partial charge < -0.3 is 14.8 Å². The topological polar surface area (TPSA) is 72.0 Å². The lowest BCUT2D eigenvalue weighted by Gasteiger charge is -2.55. The van der Waals surface area contributed by atoms with Gasteiger partial charge in [-0.05, 0) is 102 Å². The number of benzene rings is 1. The van der Waals surface area contributed by atoms with Crippen molar-refractivity contribution >= 4 is 45.4 Å². The molecule has 0 amide bonds. The maximum absolute atomic E-state index is 13.3. The molecule has 0 aromatic heterocycles. The van der Waals surface area contributed by atoms with Crippen LogP contribution >= 0.6 is 28.1 Å². The SMILES string of the molecule is C=CCNC(=S)N/N=C/c1cc(Br)c(OC(=O)C23CC4CC(CC(C4)C2)C3)c(OC)c1. The van der Waals surface area contributed by atoms with Crippen molar-refractivity contribution in [1.82, 2.24) is 10.7 Å². The Balaban J connectivity index is 1.47. The summed E-state index contributed by atoms with van der Waals surface area (Å²) in [6.07, 6.45) is 10.1. The van der Waals surface area contributed by atoms with E-state index in [2.05, 4.69) is 38.4 Å². The third-order valence-electron chi connectivity index (χ3n) is 6.70. The highest BCUT2D eigenvalue weighted by molar-refractivity contribution is 9.10. The molecular formula is C23H28BrN3O3S. The summed E-state index contributed by atoms with van der Waals surface area (Å²) >= 11 is 8.65. The highest BCUT2D eigenvalue weighted by atomic mass is 79.9. The first-order chi connectivity index (χ1) is 14.9. The van der Waals surface area contributed by atoms with Gasteiger partial charge in [-0.15, -0.1) is 6.58 Å². The number of esters is 1. The van der Waals surface area contributed by atoms with E-state index < -0.39 is 0 Å². The lowest BCUT2D eigenvalue weighted by Crippen LogP contribution is -2.51. The van der Waals surface area contributed by atoms with Crippen LogP contribution in [0.3, 0.4) is 0 Å². The average molecular weight is 506 g/mol. The van der Waals surface area contributed by atoms with Crippen LogP contribution < -0.4 is 20.2 Å². The van der Waals surface area contributed by atoms with Gasteiger partial charge in [0.05, 0.1) is 23.2 Å². The Morgan fingerprint density at radius 1 is 1.29 bits per heavy atom. The van der Waals surface area contributed by atoms with Gasteiger partial charge in [-0.1, -0.05) is 6.08 Å². The second-order valence-electron chi connectivity index (χ2n) is 8.99. The molecule has 8 heteroatoms. The van der Waals surface area contributed by atoms with Gasteiger partial charge in [0.1, 0.15) is 0 Å². The van der Waals surface area contributed by atoms with Crippen molar-refractivity contribution in [3.05, 3.63) is 34.8 Å². The fourth-order valence-corrected chi connectivity index (χ4v) is 6.52. The van der Waals surface area contributed by atoms with Gasteiger partial charge in [-0.25, -0.2) is 0 Å². The molecule has 2 N–H and O–H groups in total. The van der Waals surface area contributed by atoms with Gasteiger partial charge in [-0.2, -0.15) is 5.10 Å². The van der Waals surface area contributed by atoms with E-state index in [1.165, 1.54) is 19.3 Å². The van der Waals surface area contributed by atoms with Crippen LogP contribution in [0.1, 0.15) is 44.1 Å². The smallest absolute Gasteiger partial charge is 0.317 e. The molecule has 31 heavy (non-hydrogen) atoms. The minimum atomic E-state index is -0.322. The standard InChI is InChI=1S/C23H28BrN3O3S/c1-3-4-25-22(31)27-26-13-17-8-18(24)20(19(9-17)29-2)30-21(28)23-10-14-5-15(11-23)7-16(6-14)12-23/h3,8-9,13-16H,1,4-7,10-12H2,2H3,(H2,25,27,31)/b26-13+. The van der Waals surface area contributed by atoms with E-state index in [9.17, 15) is 4.79 Å². The van der Waals surface area contributed by atoms with Crippen LogP contribution in [0.25, 0.3) is 0 Å². The lowest BCUT2D eigenvalue weighted by atomic mass is 9.49. The Hall–Kier alpha value is -1.93. The van der Waals surface area contributed by atoms with Crippen LogP contribution in [0, 0.1) is 23.2 Å². The summed E-state index contributed by atoms with van der Waals surface area (Å²) in [6, 6.07) is 3.63. The van der Waals surface area contributed by atoms with Crippen LogP contribution in [0.4, 0.5) is 0 Å². The predicted molar refractivity (Wildman–Crippen MR) is 128 cm³/mol. The number of hydrogen-bond acceptors (Lipinski definition) is 5. The summed E-state index contributed by atoms with van der Waals surface area (Å²) in [6.45, 7) is 4.19. The number of hydrogen-bond donors (Lipinski definition) is 2. The number of methoxy groups -OCH3 is 1. The average Bonchev–Trinajstić information content (AvgIpc) is 2.72. The first-order valence-corrected chi connectivity index (χ1v) is 11.9. The molecule has 4 fully saturated rings. The van der Waals surface area contributed by atoms with Crippen LogP contribution in [0.5, 0.6) is 11.5 Å². The van der Waals surface area contributed by atoms with E-state index in [1.807, 2.05) is 6.07 Å². The predicted octanol–water partition coefficient (Wildman–Crippen LogP) is 4.56. The van der Waals surface area contributed by atoms with E-state index in [4.69, 9.17) is 21.7 Å². The van der Waals surface area contributed by atoms with Gasteiger partial charge in [-0.3, -0.25) is 10.2 Å². The Morgan fingerprint density at radius 3 is 2.52 bits per heavy atom. The monoisotopic (exact) mass is 505 g/mol. The molecule has 0 heterocycles. The Morgan fingerprint density at radius 2 is 1.94 bits per heavy atom. The molecule has 0 atom stereocenters. The highest BCUT2D eigenvalue weighted by Crippen LogP contribution is 2.60. The molecule has 0 aliphatic heterocycles. The zero-order valence-corrected chi connectivity index (χ0v) is 20.1. The molecule has 166 valence electrons. The van der Waals surface area contributed by atoms with Gasteiger partial charge in [0.25, 0.3) is 0 Å².